The van der Waals surface area contributed by atoms with E-state index in [0.29, 0.717) is 17.8 Å². The van der Waals surface area contributed by atoms with Crippen molar-refractivity contribution < 1.29 is 20.1 Å². The minimum Gasteiger partial charge on any atom is -0.412 e. The molecular formula is C20H32O4. The van der Waals surface area contributed by atoms with Crippen LogP contribution in [0.4, 0.5) is 0 Å². The SMILES string of the molecule is O.OC12OC34CCCCC3CC13CCCC2CC1CCCCC13O4. The van der Waals surface area contributed by atoms with Gasteiger partial charge in [0.1, 0.15) is 0 Å². The fraction of sp³-hybridized carbons (Fsp3) is 1.00. The second-order valence-electron chi connectivity index (χ2n) is 9.60. The summed E-state index contributed by atoms with van der Waals surface area (Å²) in [7, 11) is 0. The summed E-state index contributed by atoms with van der Waals surface area (Å²) in [4.78, 5) is 0. The molecule has 4 saturated carbocycles. The number of rotatable bonds is 0. The Morgan fingerprint density at radius 2 is 1.50 bits per heavy atom. The van der Waals surface area contributed by atoms with Gasteiger partial charge in [-0.15, -0.1) is 0 Å². The Balaban J connectivity index is 0.00000131. The predicted octanol–water partition coefficient (Wildman–Crippen LogP) is 3.31. The molecule has 3 heterocycles. The lowest BCUT2D eigenvalue weighted by Crippen LogP contribution is -2.85. The van der Waals surface area contributed by atoms with E-state index < -0.39 is 11.6 Å². The molecule has 0 aromatic heterocycles. The van der Waals surface area contributed by atoms with Crippen LogP contribution >= 0.6 is 0 Å². The summed E-state index contributed by atoms with van der Waals surface area (Å²) in [6.45, 7) is 0. The lowest BCUT2D eigenvalue weighted by Gasteiger charge is -2.79. The summed E-state index contributed by atoms with van der Waals surface area (Å²) in [5, 5.41) is 11.9. The Kier molecular flexibility index (Phi) is 3.18. The summed E-state index contributed by atoms with van der Waals surface area (Å²) in [5.74, 6) is 0.231. The molecule has 0 radical (unpaired) electrons. The third kappa shape index (κ3) is 1.49. The second-order valence-corrected chi connectivity index (χ2v) is 9.60. The molecule has 5 bridgehead atoms. The molecule has 7 rings (SSSR count). The van der Waals surface area contributed by atoms with Gasteiger partial charge in [-0.05, 0) is 57.3 Å². The van der Waals surface area contributed by atoms with Crippen molar-refractivity contribution in [2.24, 2.45) is 23.2 Å². The van der Waals surface area contributed by atoms with Gasteiger partial charge in [-0.1, -0.05) is 25.7 Å². The van der Waals surface area contributed by atoms with E-state index in [-0.39, 0.29) is 16.5 Å². The molecule has 7 unspecified atom stereocenters. The van der Waals surface area contributed by atoms with Crippen LogP contribution in [0.5, 0.6) is 0 Å². The van der Waals surface area contributed by atoms with E-state index >= 15 is 0 Å². The highest BCUT2D eigenvalue weighted by molar-refractivity contribution is 5.25. The first-order valence-corrected chi connectivity index (χ1v) is 10.3. The Bertz CT molecular complexity index is 552. The molecule has 7 fully saturated rings. The highest BCUT2D eigenvalue weighted by atomic mass is 16.8. The zero-order chi connectivity index (χ0) is 15.3. The minimum absolute atomic E-state index is 0. The smallest absolute Gasteiger partial charge is 0.180 e. The van der Waals surface area contributed by atoms with Crippen LogP contribution < -0.4 is 0 Å². The molecule has 3 saturated heterocycles. The van der Waals surface area contributed by atoms with E-state index in [1.54, 1.807) is 0 Å². The van der Waals surface area contributed by atoms with Gasteiger partial charge in [-0.3, -0.25) is 0 Å². The molecule has 4 aliphatic carbocycles. The molecule has 0 aromatic carbocycles. The maximum atomic E-state index is 11.9. The number of aliphatic hydroxyl groups is 1. The average molecular weight is 336 g/mol. The zero-order valence-corrected chi connectivity index (χ0v) is 14.7. The number of ether oxygens (including phenoxy) is 2. The van der Waals surface area contributed by atoms with Gasteiger partial charge in [0.15, 0.2) is 11.6 Å². The van der Waals surface area contributed by atoms with Crippen LogP contribution in [0.3, 0.4) is 0 Å². The Morgan fingerprint density at radius 3 is 2.38 bits per heavy atom. The van der Waals surface area contributed by atoms with E-state index in [2.05, 4.69) is 0 Å². The largest absolute Gasteiger partial charge is 0.412 e. The molecular weight excluding hydrogens is 304 g/mol. The van der Waals surface area contributed by atoms with Crippen molar-refractivity contribution in [3.8, 4) is 0 Å². The van der Waals surface area contributed by atoms with Gasteiger partial charge in [0, 0.05) is 18.3 Å². The van der Waals surface area contributed by atoms with E-state index in [9.17, 15) is 5.11 Å². The van der Waals surface area contributed by atoms with Crippen LogP contribution in [-0.2, 0) is 9.47 Å². The maximum absolute atomic E-state index is 11.9. The third-order valence-corrected chi connectivity index (χ3v) is 9.01. The third-order valence-electron chi connectivity index (χ3n) is 9.01. The molecule has 7 atom stereocenters. The van der Waals surface area contributed by atoms with Gasteiger partial charge < -0.3 is 20.1 Å². The van der Waals surface area contributed by atoms with Crippen molar-refractivity contribution in [2.75, 3.05) is 0 Å². The topological polar surface area (TPSA) is 70.2 Å². The molecule has 3 N–H and O–H groups in total. The molecule has 3 spiro atoms. The molecule has 0 aromatic rings. The summed E-state index contributed by atoms with van der Waals surface area (Å²) < 4.78 is 13.8. The summed E-state index contributed by atoms with van der Waals surface area (Å²) in [6.07, 6.45) is 15.7. The van der Waals surface area contributed by atoms with Gasteiger partial charge in [0.25, 0.3) is 0 Å². The first-order valence-electron chi connectivity index (χ1n) is 10.3. The van der Waals surface area contributed by atoms with Crippen molar-refractivity contribution >= 4 is 0 Å². The fourth-order valence-corrected chi connectivity index (χ4v) is 8.27. The van der Waals surface area contributed by atoms with E-state index in [1.807, 2.05) is 0 Å². The molecule has 7 aliphatic rings. The highest BCUT2D eigenvalue weighted by Crippen LogP contribution is 2.77. The van der Waals surface area contributed by atoms with Crippen LogP contribution in [0.1, 0.15) is 83.5 Å². The standard InChI is InChI=1S/C20H30O3.H2O/c21-20-15-8-5-9-17(20)13-16-7-2-4-11-19(16,23-20)22-18(17)10-3-1-6-14(18)12-15;/h14-16,21H,1-13H2;1H2. The number of hydrogen-bond acceptors (Lipinski definition) is 3. The van der Waals surface area contributed by atoms with Gasteiger partial charge in [0.05, 0.1) is 11.0 Å². The lowest BCUT2D eigenvalue weighted by atomic mass is 9.40. The summed E-state index contributed by atoms with van der Waals surface area (Å²) in [5.41, 5.74) is -0.168. The lowest BCUT2D eigenvalue weighted by molar-refractivity contribution is -0.565. The predicted molar refractivity (Wildman–Crippen MR) is 89.1 cm³/mol. The first-order chi connectivity index (χ1) is 11.1. The molecule has 24 heavy (non-hydrogen) atoms. The Labute approximate surface area is 144 Å². The van der Waals surface area contributed by atoms with Crippen molar-refractivity contribution in [2.45, 2.75) is 101 Å². The van der Waals surface area contributed by atoms with Crippen molar-refractivity contribution in [1.29, 1.82) is 0 Å². The van der Waals surface area contributed by atoms with Crippen LogP contribution in [0, 0.1) is 23.2 Å². The normalized spacial score (nSPS) is 60.6. The molecule has 4 nitrogen and oxygen atoms in total. The van der Waals surface area contributed by atoms with E-state index in [1.165, 1.54) is 57.8 Å². The highest BCUT2D eigenvalue weighted by Gasteiger charge is 2.82. The van der Waals surface area contributed by atoms with Crippen LogP contribution in [-0.4, -0.2) is 27.8 Å². The van der Waals surface area contributed by atoms with Gasteiger partial charge >= 0.3 is 0 Å². The summed E-state index contributed by atoms with van der Waals surface area (Å²) in [6, 6.07) is 0. The van der Waals surface area contributed by atoms with Crippen LogP contribution in [0.25, 0.3) is 0 Å². The Hall–Kier alpha value is -0.160. The number of hydrogen-bond donors (Lipinski definition) is 1. The van der Waals surface area contributed by atoms with Crippen LogP contribution in [0.15, 0.2) is 0 Å². The van der Waals surface area contributed by atoms with Crippen molar-refractivity contribution in [1.82, 2.24) is 0 Å². The van der Waals surface area contributed by atoms with Crippen molar-refractivity contribution in [3.05, 3.63) is 0 Å². The van der Waals surface area contributed by atoms with E-state index in [4.69, 9.17) is 9.47 Å². The minimum atomic E-state index is -0.884. The molecule has 4 heteroatoms. The van der Waals surface area contributed by atoms with Gasteiger partial charge in [0.2, 0.25) is 0 Å². The molecule has 3 aliphatic heterocycles. The quantitative estimate of drug-likeness (QED) is 0.738. The van der Waals surface area contributed by atoms with Gasteiger partial charge in [-0.2, -0.15) is 0 Å². The first kappa shape index (κ1) is 16.0. The molecule has 0 amide bonds. The van der Waals surface area contributed by atoms with Crippen LogP contribution in [0.2, 0.25) is 0 Å². The monoisotopic (exact) mass is 336 g/mol. The second kappa shape index (κ2) is 4.76. The maximum Gasteiger partial charge on any atom is 0.180 e. The fourth-order valence-electron chi connectivity index (χ4n) is 8.27. The van der Waals surface area contributed by atoms with Crippen molar-refractivity contribution in [3.63, 3.8) is 0 Å². The summed E-state index contributed by atoms with van der Waals surface area (Å²) >= 11 is 0. The van der Waals surface area contributed by atoms with Gasteiger partial charge in [-0.25, -0.2) is 0 Å². The zero-order valence-electron chi connectivity index (χ0n) is 14.7. The molecule has 136 valence electrons. The van der Waals surface area contributed by atoms with E-state index in [0.717, 1.165) is 25.7 Å². The Morgan fingerprint density at radius 1 is 0.750 bits per heavy atom. The average Bonchev–Trinajstić information content (AvgIpc) is 2.52.